The second-order valence-electron chi connectivity index (χ2n) is 3.13. The maximum atomic E-state index is 12.6. The van der Waals surface area contributed by atoms with Crippen LogP contribution in [0.3, 0.4) is 0 Å². The van der Waals surface area contributed by atoms with E-state index in [0.29, 0.717) is 0 Å². The number of hydrogen-bond donors (Lipinski definition) is 1. The minimum atomic E-state index is -4.98. The van der Waals surface area contributed by atoms with Gasteiger partial charge in [-0.05, 0) is 11.6 Å². The molecule has 1 N–H and O–H groups in total. The van der Waals surface area contributed by atoms with Gasteiger partial charge in [0.15, 0.2) is 5.69 Å². The Morgan fingerprint density at radius 3 is 2.29 bits per heavy atom. The second kappa shape index (κ2) is 5.26. The topological polar surface area (TPSA) is 33.1 Å². The van der Waals surface area contributed by atoms with Crippen molar-refractivity contribution in [2.45, 2.75) is 24.5 Å². The van der Waals surface area contributed by atoms with Gasteiger partial charge in [0.2, 0.25) is 0 Å². The molecule has 0 radical (unpaired) electrons. The first-order chi connectivity index (χ1) is 7.81. The van der Waals surface area contributed by atoms with Crippen LogP contribution in [-0.4, -0.2) is 10.1 Å². The van der Waals surface area contributed by atoms with Crippen molar-refractivity contribution in [3.8, 4) is 0 Å². The Bertz CT molecular complexity index is 407. The number of nitrogens with zero attached hydrogens (tertiary/aromatic N) is 1. The molecule has 0 saturated heterocycles. The van der Waals surface area contributed by atoms with Gasteiger partial charge in [0.1, 0.15) is 0 Å². The molecule has 0 spiro atoms. The molecule has 0 bridgehead atoms. The predicted molar refractivity (Wildman–Crippen MR) is 52.7 cm³/mol. The standard InChI is InChI=1S/C9H7BrF5NO/c10-2-4-1-5(3-17)16-7(9(13,14)15)6(4)8(11)12/h1,8,17H,2-3H2. The molecule has 1 aromatic rings. The molecule has 1 rings (SSSR count). The highest BCUT2D eigenvalue weighted by Crippen LogP contribution is 2.37. The number of aliphatic hydroxyl groups is 1. The summed E-state index contributed by atoms with van der Waals surface area (Å²) in [6.07, 6.45) is -8.26. The van der Waals surface area contributed by atoms with Gasteiger partial charge >= 0.3 is 6.18 Å². The van der Waals surface area contributed by atoms with E-state index in [4.69, 9.17) is 5.11 Å². The lowest BCUT2D eigenvalue weighted by molar-refractivity contribution is -0.143. The Morgan fingerprint density at radius 1 is 1.35 bits per heavy atom. The van der Waals surface area contributed by atoms with Gasteiger partial charge in [-0.25, -0.2) is 13.8 Å². The van der Waals surface area contributed by atoms with Crippen molar-refractivity contribution in [1.82, 2.24) is 4.98 Å². The fraction of sp³-hybridized carbons (Fsp3) is 0.444. The van der Waals surface area contributed by atoms with E-state index in [1.54, 1.807) is 0 Å². The van der Waals surface area contributed by atoms with E-state index in [1.165, 1.54) is 0 Å². The van der Waals surface area contributed by atoms with Crippen LogP contribution in [0.25, 0.3) is 0 Å². The van der Waals surface area contributed by atoms with E-state index in [-0.39, 0.29) is 16.6 Å². The average molecular weight is 320 g/mol. The van der Waals surface area contributed by atoms with Gasteiger partial charge in [-0.3, -0.25) is 0 Å². The van der Waals surface area contributed by atoms with E-state index in [1.807, 2.05) is 0 Å². The van der Waals surface area contributed by atoms with Gasteiger partial charge in [0.05, 0.1) is 17.9 Å². The molecule has 0 aliphatic rings. The Hall–Kier alpha value is -0.760. The van der Waals surface area contributed by atoms with Crippen LogP contribution in [-0.2, 0) is 18.1 Å². The van der Waals surface area contributed by atoms with E-state index in [2.05, 4.69) is 20.9 Å². The number of aliphatic hydroxyl groups excluding tert-OH is 1. The molecule has 8 heteroatoms. The van der Waals surface area contributed by atoms with Crippen LogP contribution in [0, 0.1) is 0 Å². The largest absolute Gasteiger partial charge is 0.433 e. The highest BCUT2D eigenvalue weighted by atomic mass is 79.9. The Balaban J connectivity index is 3.52. The molecule has 0 unspecified atom stereocenters. The third-order valence-corrected chi connectivity index (χ3v) is 2.59. The molecule has 96 valence electrons. The van der Waals surface area contributed by atoms with Crippen molar-refractivity contribution in [3.05, 3.63) is 28.6 Å². The number of halogens is 6. The van der Waals surface area contributed by atoms with E-state index in [0.717, 1.165) is 6.07 Å². The number of pyridine rings is 1. The maximum Gasteiger partial charge on any atom is 0.433 e. The summed E-state index contributed by atoms with van der Waals surface area (Å²) < 4.78 is 62.9. The van der Waals surface area contributed by atoms with Crippen LogP contribution in [0.5, 0.6) is 0 Å². The fourth-order valence-electron chi connectivity index (χ4n) is 1.32. The van der Waals surface area contributed by atoms with Crippen molar-refractivity contribution in [2.24, 2.45) is 0 Å². The van der Waals surface area contributed by atoms with Crippen molar-refractivity contribution < 1.29 is 27.1 Å². The van der Waals surface area contributed by atoms with Crippen LogP contribution in [0.4, 0.5) is 22.0 Å². The molecule has 0 amide bonds. The molecule has 0 aliphatic heterocycles. The van der Waals surface area contributed by atoms with Crippen molar-refractivity contribution in [1.29, 1.82) is 0 Å². The van der Waals surface area contributed by atoms with Gasteiger partial charge in [0.25, 0.3) is 6.43 Å². The Morgan fingerprint density at radius 2 is 1.94 bits per heavy atom. The van der Waals surface area contributed by atoms with E-state index in [9.17, 15) is 22.0 Å². The second-order valence-corrected chi connectivity index (χ2v) is 3.69. The molecule has 0 aromatic carbocycles. The molecule has 0 fully saturated rings. The van der Waals surface area contributed by atoms with Crippen LogP contribution in [0.2, 0.25) is 0 Å². The third-order valence-electron chi connectivity index (χ3n) is 1.99. The van der Waals surface area contributed by atoms with Crippen molar-refractivity contribution in [2.75, 3.05) is 0 Å². The van der Waals surface area contributed by atoms with Crippen LogP contribution in [0.15, 0.2) is 6.07 Å². The Kier molecular flexibility index (Phi) is 4.42. The first-order valence-electron chi connectivity index (χ1n) is 4.36. The lowest BCUT2D eigenvalue weighted by Crippen LogP contribution is -2.16. The molecule has 1 heterocycles. The molecule has 0 atom stereocenters. The van der Waals surface area contributed by atoms with Crippen LogP contribution >= 0.6 is 15.9 Å². The lowest BCUT2D eigenvalue weighted by Gasteiger charge is -2.15. The summed E-state index contributed by atoms with van der Waals surface area (Å²) in [6.45, 7) is -0.743. The molecule has 2 nitrogen and oxygen atoms in total. The lowest BCUT2D eigenvalue weighted by atomic mass is 10.1. The SMILES string of the molecule is OCc1cc(CBr)c(C(F)F)c(C(F)(F)F)n1. The Labute approximate surface area is 102 Å². The van der Waals surface area contributed by atoms with Gasteiger partial charge in [-0.15, -0.1) is 0 Å². The third kappa shape index (κ3) is 3.12. The summed E-state index contributed by atoms with van der Waals surface area (Å²) in [5, 5.41) is 8.57. The average Bonchev–Trinajstić information content (AvgIpc) is 2.25. The smallest absolute Gasteiger partial charge is 0.390 e. The summed E-state index contributed by atoms with van der Waals surface area (Å²) in [5.74, 6) is 0. The quantitative estimate of drug-likeness (QED) is 0.684. The zero-order valence-electron chi connectivity index (χ0n) is 8.23. The monoisotopic (exact) mass is 319 g/mol. The minimum absolute atomic E-state index is 0.175. The van der Waals surface area contributed by atoms with Gasteiger partial charge < -0.3 is 5.11 Å². The fourth-order valence-corrected chi connectivity index (χ4v) is 1.78. The number of rotatable bonds is 3. The molecule has 17 heavy (non-hydrogen) atoms. The molecular weight excluding hydrogens is 313 g/mol. The molecular formula is C9H7BrF5NO. The summed E-state index contributed by atoms with van der Waals surface area (Å²) in [7, 11) is 0. The summed E-state index contributed by atoms with van der Waals surface area (Å²) >= 11 is 2.83. The number of aromatic nitrogens is 1. The molecule has 1 aromatic heterocycles. The normalized spacial score (nSPS) is 12.2. The van der Waals surface area contributed by atoms with Gasteiger partial charge in [0, 0.05) is 5.33 Å². The zero-order valence-corrected chi connectivity index (χ0v) is 9.82. The number of hydrogen-bond acceptors (Lipinski definition) is 2. The molecule has 0 saturated carbocycles. The highest BCUT2D eigenvalue weighted by molar-refractivity contribution is 9.08. The summed E-state index contributed by atoms with van der Waals surface area (Å²) in [5.41, 5.74) is -3.32. The number of alkyl halides is 6. The summed E-state index contributed by atoms with van der Waals surface area (Å²) in [6, 6.07) is 1.02. The maximum absolute atomic E-state index is 12.6. The van der Waals surface area contributed by atoms with E-state index < -0.39 is 30.5 Å². The first-order valence-corrected chi connectivity index (χ1v) is 5.48. The van der Waals surface area contributed by atoms with Crippen LogP contribution < -0.4 is 0 Å². The van der Waals surface area contributed by atoms with E-state index >= 15 is 0 Å². The van der Waals surface area contributed by atoms with Crippen molar-refractivity contribution in [3.63, 3.8) is 0 Å². The van der Waals surface area contributed by atoms with Gasteiger partial charge in [-0.1, -0.05) is 15.9 Å². The van der Waals surface area contributed by atoms with Crippen molar-refractivity contribution >= 4 is 15.9 Å². The van der Waals surface area contributed by atoms with Gasteiger partial charge in [-0.2, -0.15) is 13.2 Å². The first kappa shape index (κ1) is 14.3. The van der Waals surface area contributed by atoms with Crippen LogP contribution in [0.1, 0.15) is 28.9 Å². The summed E-state index contributed by atoms with van der Waals surface area (Å²) in [4.78, 5) is 3.02. The predicted octanol–water partition coefficient (Wildman–Crippen LogP) is 3.43. The highest BCUT2D eigenvalue weighted by Gasteiger charge is 2.39. The minimum Gasteiger partial charge on any atom is -0.390 e. The zero-order chi connectivity index (χ0) is 13.2. The molecule has 0 aliphatic carbocycles.